The molecule has 1 heterocycles. The number of nitrogens with one attached hydrogen (secondary N) is 1. The van der Waals surface area contributed by atoms with Crippen molar-refractivity contribution in [3.05, 3.63) is 23.8 Å². The quantitative estimate of drug-likeness (QED) is 0.626. The molecule has 1 aliphatic rings. The van der Waals surface area contributed by atoms with E-state index in [2.05, 4.69) is 5.32 Å². The third-order valence-electron chi connectivity index (χ3n) is 2.42. The summed E-state index contributed by atoms with van der Waals surface area (Å²) in [5.41, 5.74) is 1.78. The number of hydrogen-bond acceptors (Lipinski definition) is 3. The summed E-state index contributed by atoms with van der Waals surface area (Å²) in [7, 11) is 0. The summed E-state index contributed by atoms with van der Waals surface area (Å²) in [6.07, 6.45) is 1.33. The first-order chi connectivity index (χ1) is 6.66. The lowest BCUT2D eigenvalue weighted by Crippen LogP contribution is -2.33. The number of carboxylic acids is 1. The molecule has 0 spiro atoms. The maximum absolute atomic E-state index is 10.7. The highest BCUT2D eigenvalue weighted by Gasteiger charge is 2.23. The molecule has 0 aliphatic carbocycles. The number of fused-ring (bicyclic) bond motifs is 1. The number of anilines is 1. The van der Waals surface area contributed by atoms with Crippen LogP contribution in [0.1, 0.15) is 12.0 Å². The number of rotatable bonds is 1. The van der Waals surface area contributed by atoms with Crippen LogP contribution in [0.3, 0.4) is 0 Å². The van der Waals surface area contributed by atoms with E-state index in [-0.39, 0.29) is 5.75 Å². The summed E-state index contributed by atoms with van der Waals surface area (Å²) in [5.74, 6) is -0.693. The number of phenols is 1. The van der Waals surface area contributed by atoms with Gasteiger partial charge in [-0.15, -0.1) is 0 Å². The molecule has 1 atom stereocenters. The zero-order valence-electron chi connectivity index (χ0n) is 7.53. The molecule has 2 rings (SSSR count). The Balaban J connectivity index is 2.29. The highest BCUT2D eigenvalue weighted by Crippen LogP contribution is 2.28. The second-order valence-corrected chi connectivity index (χ2v) is 3.42. The fourth-order valence-electron chi connectivity index (χ4n) is 1.66. The van der Waals surface area contributed by atoms with Crippen LogP contribution in [0.25, 0.3) is 0 Å². The maximum Gasteiger partial charge on any atom is 0.326 e. The number of carbonyl (C=O) groups is 1. The van der Waals surface area contributed by atoms with E-state index in [1.165, 1.54) is 0 Å². The van der Waals surface area contributed by atoms with Gasteiger partial charge < -0.3 is 15.5 Å². The van der Waals surface area contributed by atoms with E-state index in [4.69, 9.17) is 5.11 Å². The standard InChI is InChI=1S/C10H11NO3/c12-7-3-1-6-2-4-8(10(13)14)11-9(6)5-7/h1,3,5,8,11-12H,2,4H2,(H,13,14)/t8-/m1/s1. The number of aliphatic carboxylic acids is 1. The van der Waals surface area contributed by atoms with Crippen LogP contribution in [0.5, 0.6) is 5.75 Å². The van der Waals surface area contributed by atoms with Crippen molar-refractivity contribution in [3.63, 3.8) is 0 Å². The van der Waals surface area contributed by atoms with Gasteiger partial charge in [0.15, 0.2) is 0 Å². The van der Waals surface area contributed by atoms with Crippen LogP contribution in [0.15, 0.2) is 18.2 Å². The first-order valence-electron chi connectivity index (χ1n) is 4.48. The monoisotopic (exact) mass is 193 g/mol. The molecular formula is C10H11NO3. The van der Waals surface area contributed by atoms with Crippen molar-refractivity contribution in [2.45, 2.75) is 18.9 Å². The van der Waals surface area contributed by atoms with Crippen LogP contribution in [-0.2, 0) is 11.2 Å². The van der Waals surface area contributed by atoms with Crippen LogP contribution in [-0.4, -0.2) is 22.2 Å². The van der Waals surface area contributed by atoms with Gasteiger partial charge in [-0.05, 0) is 24.5 Å². The van der Waals surface area contributed by atoms with Gasteiger partial charge in [-0.3, -0.25) is 0 Å². The van der Waals surface area contributed by atoms with Gasteiger partial charge >= 0.3 is 5.97 Å². The van der Waals surface area contributed by atoms with E-state index >= 15 is 0 Å². The third kappa shape index (κ3) is 1.51. The van der Waals surface area contributed by atoms with Crippen LogP contribution < -0.4 is 5.32 Å². The number of hydrogen-bond donors (Lipinski definition) is 3. The zero-order chi connectivity index (χ0) is 10.1. The second-order valence-electron chi connectivity index (χ2n) is 3.42. The molecule has 14 heavy (non-hydrogen) atoms. The molecule has 0 bridgehead atoms. The van der Waals surface area contributed by atoms with Crippen molar-refractivity contribution in [2.75, 3.05) is 5.32 Å². The Labute approximate surface area is 81.2 Å². The molecule has 3 N–H and O–H groups in total. The molecule has 0 radical (unpaired) electrons. The first-order valence-corrected chi connectivity index (χ1v) is 4.48. The lowest BCUT2D eigenvalue weighted by atomic mass is 9.98. The Morgan fingerprint density at radius 2 is 2.29 bits per heavy atom. The maximum atomic E-state index is 10.7. The molecular weight excluding hydrogens is 182 g/mol. The smallest absolute Gasteiger partial charge is 0.326 e. The Morgan fingerprint density at radius 1 is 1.50 bits per heavy atom. The minimum atomic E-state index is -0.848. The summed E-state index contributed by atoms with van der Waals surface area (Å²) >= 11 is 0. The molecule has 0 aromatic heterocycles. The molecule has 1 aromatic rings. The molecule has 0 saturated heterocycles. The summed E-state index contributed by atoms with van der Waals surface area (Å²) in [5, 5.41) is 20.9. The molecule has 0 unspecified atom stereocenters. The van der Waals surface area contributed by atoms with Gasteiger partial charge in [0, 0.05) is 11.8 Å². The first kappa shape index (κ1) is 8.87. The molecule has 0 saturated carbocycles. The number of phenolic OH excluding ortho intramolecular Hbond substituents is 1. The van der Waals surface area contributed by atoms with Gasteiger partial charge in [0.25, 0.3) is 0 Å². The fourth-order valence-corrected chi connectivity index (χ4v) is 1.66. The predicted molar refractivity (Wildman–Crippen MR) is 51.5 cm³/mol. The van der Waals surface area contributed by atoms with Crippen LogP contribution >= 0.6 is 0 Å². The van der Waals surface area contributed by atoms with E-state index in [1.807, 2.05) is 6.07 Å². The topological polar surface area (TPSA) is 69.6 Å². The van der Waals surface area contributed by atoms with Crippen molar-refractivity contribution < 1.29 is 15.0 Å². The van der Waals surface area contributed by atoms with Crippen LogP contribution in [0.2, 0.25) is 0 Å². The van der Waals surface area contributed by atoms with Crippen LogP contribution in [0.4, 0.5) is 5.69 Å². The molecule has 4 heteroatoms. The SMILES string of the molecule is O=C(O)[C@H]1CCc2ccc(O)cc2N1. The predicted octanol–water partition coefficient (Wildman–Crippen LogP) is 1.20. The zero-order valence-corrected chi connectivity index (χ0v) is 7.53. The largest absolute Gasteiger partial charge is 0.508 e. The fraction of sp³-hybridized carbons (Fsp3) is 0.300. The van der Waals surface area contributed by atoms with Crippen molar-refractivity contribution in [1.29, 1.82) is 0 Å². The van der Waals surface area contributed by atoms with Crippen molar-refractivity contribution in [1.82, 2.24) is 0 Å². The lowest BCUT2D eigenvalue weighted by molar-refractivity contribution is -0.138. The number of aromatic hydroxyl groups is 1. The third-order valence-corrected chi connectivity index (χ3v) is 2.42. The van der Waals surface area contributed by atoms with Crippen molar-refractivity contribution in [2.24, 2.45) is 0 Å². The number of aryl methyl sites for hydroxylation is 1. The molecule has 1 aliphatic heterocycles. The summed E-state index contributed by atoms with van der Waals surface area (Å²) in [6.45, 7) is 0. The van der Waals surface area contributed by atoms with Gasteiger partial charge in [0.1, 0.15) is 11.8 Å². The average molecular weight is 193 g/mol. The summed E-state index contributed by atoms with van der Waals surface area (Å²) in [6, 6.07) is 4.45. The molecule has 74 valence electrons. The highest BCUT2D eigenvalue weighted by molar-refractivity contribution is 5.79. The van der Waals surface area contributed by atoms with Crippen molar-refractivity contribution >= 4 is 11.7 Å². The minimum Gasteiger partial charge on any atom is -0.508 e. The Kier molecular flexibility index (Phi) is 2.04. The highest BCUT2D eigenvalue weighted by atomic mass is 16.4. The van der Waals surface area contributed by atoms with E-state index in [0.717, 1.165) is 17.7 Å². The molecule has 0 amide bonds. The van der Waals surface area contributed by atoms with E-state index in [0.29, 0.717) is 6.42 Å². The number of benzene rings is 1. The Morgan fingerprint density at radius 3 is 3.00 bits per heavy atom. The Hall–Kier alpha value is -1.71. The van der Waals surface area contributed by atoms with Crippen molar-refractivity contribution in [3.8, 4) is 5.75 Å². The van der Waals surface area contributed by atoms with Gasteiger partial charge in [-0.1, -0.05) is 6.07 Å². The molecule has 4 nitrogen and oxygen atoms in total. The van der Waals surface area contributed by atoms with E-state index < -0.39 is 12.0 Å². The molecule has 0 fully saturated rings. The number of carboxylic acid groups (broad SMARTS) is 1. The van der Waals surface area contributed by atoms with Gasteiger partial charge in [0.2, 0.25) is 0 Å². The van der Waals surface area contributed by atoms with Gasteiger partial charge in [-0.25, -0.2) is 4.79 Å². The average Bonchev–Trinajstić information content (AvgIpc) is 2.16. The molecule has 1 aromatic carbocycles. The minimum absolute atomic E-state index is 0.155. The second kappa shape index (κ2) is 3.21. The summed E-state index contributed by atoms with van der Waals surface area (Å²) in [4.78, 5) is 10.7. The van der Waals surface area contributed by atoms with E-state index in [1.54, 1.807) is 12.1 Å². The normalized spacial score (nSPS) is 19.6. The lowest BCUT2D eigenvalue weighted by Gasteiger charge is -2.23. The van der Waals surface area contributed by atoms with Gasteiger partial charge in [-0.2, -0.15) is 0 Å². The summed E-state index contributed by atoms with van der Waals surface area (Å²) < 4.78 is 0. The van der Waals surface area contributed by atoms with Crippen LogP contribution in [0, 0.1) is 0 Å². The van der Waals surface area contributed by atoms with E-state index in [9.17, 15) is 9.90 Å². The Bertz CT molecular complexity index is 376. The van der Waals surface area contributed by atoms with Gasteiger partial charge in [0.05, 0.1) is 0 Å².